The zero-order valence-electron chi connectivity index (χ0n) is 6.74. The topological polar surface area (TPSA) is 63.3 Å². The zero-order valence-corrected chi connectivity index (χ0v) is 9.58. The molecule has 0 spiro atoms. The van der Waals surface area contributed by atoms with Crippen LogP contribution in [0.15, 0.2) is 18.2 Å². The number of carboxylic acid groups (broad SMARTS) is 1. The normalized spacial score (nSPS) is 8.75. The van der Waals surface area contributed by atoms with Crippen LogP contribution < -0.4 is 5.73 Å². The van der Waals surface area contributed by atoms with E-state index in [4.69, 9.17) is 10.8 Å². The Labute approximate surface area is 95.8 Å². The predicted octanol–water partition coefficient (Wildman–Crippen LogP) is 1.27. The summed E-state index contributed by atoms with van der Waals surface area (Å²) in [5.74, 6) is -0.980. The Morgan fingerprint density at radius 3 is 2.50 bits per heavy atom. The number of anilines is 1. The molecular formula is C8H9NO2Y. The molecule has 0 saturated heterocycles. The molecule has 0 aromatic heterocycles. The van der Waals surface area contributed by atoms with Crippen LogP contribution in [0, 0.1) is 6.92 Å². The van der Waals surface area contributed by atoms with Crippen LogP contribution in [0.1, 0.15) is 15.9 Å². The maximum absolute atomic E-state index is 10.5. The van der Waals surface area contributed by atoms with Crippen molar-refractivity contribution in [2.75, 3.05) is 5.73 Å². The fourth-order valence-corrected chi connectivity index (χ4v) is 0.855. The molecule has 0 amide bonds. The summed E-state index contributed by atoms with van der Waals surface area (Å²) >= 11 is 0. The van der Waals surface area contributed by atoms with Crippen LogP contribution in [-0.4, -0.2) is 11.1 Å². The van der Waals surface area contributed by atoms with E-state index in [0.29, 0.717) is 5.69 Å². The van der Waals surface area contributed by atoms with Gasteiger partial charge in [-0.1, -0.05) is 11.6 Å². The van der Waals surface area contributed by atoms with E-state index < -0.39 is 5.97 Å². The second kappa shape index (κ2) is 4.58. The van der Waals surface area contributed by atoms with Crippen molar-refractivity contribution in [3.05, 3.63) is 29.3 Å². The van der Waals surface area contributed by atoms with Gasteiger partial charge in [0, 0.05) is 38.4 Å². The van der Waals surface area contributed by atoms with Gasteiger partial charge in [0.15, 0.2) is 0 Å². The largest absolute Gasteiger partial charge is 0.478 e. The fourth-order valence-electron chi connectivity index (χ4n) is 0.855. The number of aromatic carboxylic acids is 1. The van der Waals surface area contributed by atoms with Crippen molar-refractivity contribution in [2.45, 2.75) is 6.92 Å². The Hall–Kier alpha value is -0.406. The Kier molecular flexibility index (Phi) is 4.42. The molecule has 3 N–H and O–H groups in total. The van der Waals surface area contributed by atoms with E-state index in [0.717, 1.165) is 5.56 Å². The van der Waals surface area contributed by atoms with E-state index in [9.17, 15) is 4.79 Å². The molecule has 0 aliphatic rings. The van der Waals surface area contributed by atoms with Crippen molar-refractivity contribution >= 4 is 11.7 Å². The zero-order chi connectivity index (χ0) is 8.43. The van der Waals surface area contributed by atoms with E-state index in [1.165, 1.54) is 0 Å². The third-order valence-corrected chi connectivity index (χ3v) is 1.44. The molecule has 0 aliphatic heterocycles. The average molecular weight is 240 g/mol. The maximum Gasteiger partial charge on any atom is 0.337 e. The van der Waals surface area contributed by atoms with Crippen molar-refractivity contribution in [3.8, 4) is 0 Å². The molecule has 1 aromatic carbocycles. The number of carbonyl (C=O) groups is 1. The number of hydrogen-bond acceptors (Lipinski definition) is 2. The van der Waals surface area contributed by atoms with Gasteiger partial charge < -0.3 is 10.8 Å². The number of hydrogen-bond donors (Lipinski definition) is 2. The van der Waals surface area contributed by atoms with Gasteiger partial charge in [-0.3, -0.25) is 0 Å². The Morgan fingerprint density at radius 2 is 2.08 bits per heavy atom. The van der Waals surface area contributed by atoms with E-state index in [1.54, 1.807) is 18.2 Å². The van der Waals surface area contributed by atoms with Gasteiger partial charge in [-0.05, 0) is 19.1 Å². The molecule has 1 aromatic rings. The van der Waals surface area contributed by atoms with Gasteiger partial charge in [0.25, 0.3) is 0 Å². The molecule has 0 fully saturated rings. The van der Waals surface area contributed by atoms with Crippen LogP contribution in [-0.2, 0) is 32.7 Å². The van der Waals surface area contributed by atoms with Crippen LogP contribution in [0.2, 0.25) is 0 Å². The minimum absolute atomic E-state index is 0. The number of aryl methyl sites for hydroxylation is 1. The van der Waals surface area contributed by atoms with Gasteiger partial charge in [-0.15, -0.1) is 0 Å². The quantitative estimate of drug-likeness (QED) is 0.726. The summed E-state index contributed by atoms with van der Waals surface area (Å²) in [6.07, 6.45) is 0. The minimum atomic E-state index is -0.980. The second-order valence-electron chi connectivity index (χ2n) is 2.40. The van der Waals surface area contributed by atoms with Crippen LogP contribution in [0.5, 0.6) is 0 Å². The van der Waals surface area contributed by atoms with Gasteiger partial charge in [-0.25, -0.2) is 4.79 Å². The Balaban J connectivity index is 0.00000121. The van der Waals surface area contributed by atoms with Crippen LogP contribution in [0.4, 0.5) is 5.69 Å². The molecule has 1 radical (unpaired) electrons. The third-order valence-electron chi connectivity index (χ3n) is 1.44. The molecule has 0 atom stereocenters. The van der Waals surface area contributed by atoms with E-state index in [-0.39, 0.29) is 38.3 Å². The molecule has 3 nitrogen and oxygen atoms in total. The predicted molar refractivity (Wildman–Crippen MR) is 42.6 cm³/mol. The molecule has 0 aliphatic carbocycles. The van der Waals surface area contributed by atoms with Gasteiger partial charge >= 0.3 is 5.97 Å². The van der Waals surface area contributed by atoms with Crippen molar-refractivity contribution < 1.29 is 42.6 Å². The van der Waals surface area contributed by atoms with Crippen molar-refractivity contribution in [3.63, 3.8) is 0 Å². The molecule has 4 heteroatoms. The van der Waals surface area contributed by atoms with E-state index in [1.807, 2.05) is 6.92 Å². The first-order valence-corrected chi connectivity index (χ1v) is 3.20. The number of benzene rings is 1. The van der Waals surface area contributed by atoms with Crippen molar-refractivity contribution in [1.82, 2.24) is 0 Å². The first-order valence-electron chi connectivity index (χ1n) is 3.20. The summed E-state index contributed by atoms with van der Waals surface area (Å²) in [6.45, 7) is 1.83. The molecule has 61 valence electrons. The van der Waals surface area contributed by atoms with Gasteiger partial charge in [0.1, 0.15) is 0 Å². The monoisotopic (exact) mass is 240 g/mol. The van der Waals surface area contributed by atoms with Crippen LogP contribution in [0.25, 0.3) is 0 Å². The SMILES string of the molecule is Cc1ccc(N)c(C(=O)O)c1.[Y]. The molecule has 12 heavy (non-hydrogen) atoms. The molecule has 0 unspecified atom stereocenters. The molecule has 1 rings (SSSR count). The first-order chi connectivity index (χ1) is 5.11. The van der Waals surface area contributed by atoms with Gasteiger partial charge in [0.2, 0.25) is 0 Å². The van der Waals surface area contributed by atoms with E-state index in [2.05, 4.69) is 0 Å². The Bertz CT molecular complexity index is 299. The van der Waals surface area contributed by atoms with Crippen molar-refractivity contribution in [2.24, 2.45) is 0 Å². The number of nitrogen functional groups attached to an aromatic ring is 1. The molecule has 0 heterocycles. The fraction of sp³-hybridized carbons (Fsp3) is 0.125. The van der Waals surface area contributed by atoms with Crippen molar-refractivity contribution in [1.29, 1.82) is 0 Å². The average Bonchev–Trinajstić information content (AvgIpc) is 1.94. The van der Waals surface area contributed by atoms with Crippen LogP contribution in [0.3, 0.4) is 0 Å². The molecule has 0 bridgehead atoms. The summed E-state index contributed by atoms with van der Waals surface area (Å²) in [4.78, 5) is 10.5. The smallest absolute Gasteiger partial charge is 0.337 e. The number of carboxylic acids is 1. The second-order valence-corrected chi connectivity index (χ2v) is 2.40. The summed E-state index contributed by atoms with van der Waals surface area (Å²) in [7, 11) is 0. The minimum Gasteiger partial charge on any atom is -0.478 e. The Morgan fingerprint density at radius 1 is 1.50 bits per heavy atom. The maximum atomic E-state index is 10.5. The third kappa shape index (κ3) is 2.57. The van der Waals surface area contributed by atoms with Gasteiger partial charge in [-0.2, -0.15) is 0 Å². The first kappa shape index (κ1) is 11.6. The summed E-state index contributed by atoms with van der Waals surface area (Å²) < 4.78 is 0. The summed E-state index contributed by atoms with van der Waals surface area (Å²) in [5.41, 5.74) is 6.79. The number of rotatable bonds is 1. The molecule has 0 saturated carbocycles. The van der Waals surface area contributed by atoms with Crippen LogP contribution >= 0.6 is 0 Å². The summed E-state index contributed by atoms with van der Waals surface area (Å²) in [5, 5.41) is 8.61. The van der Waals surface area contributed by atoms with E-state index >= 15 is 0 Å². The number of nitrogens with two attached hydrogens (primary N) is 1. The summed E-state index contributed by atoms with van der Waals surface area (Å²) in [6, 6.07) is 4.93. The standard InChI is InChI=1S/C8H9NO2.Y/c1-5-2-3-7(9)6(4-5)8(10)11;/h2-4H,9H2,1H3,(H,10,11);. The van der Waals surface area contributed by atoms with Gasteiger partial charge in [0.05, 0.1) is 5.56 Å². The molecular weight excluding hydrogens is 231 g/mol.